The number of aromatic amines is 1. The molecule has 2 aliphatic heterocycles. The van der Waals surface area contributed by atoms with Crippen LogP contribution >= 0.6 is 11.3 Å². The summed E-state index contributed by atoms with van der Waals surface area (Å²) in [4.78, 5) is 30.1. The van der Waals surface area contributed by atoms with Gasteiger partial charge in [0, 0.05) is 46.6 Å². The van der Waals surface area contributed by atoms with Gasteiger partial charge < -0.3 is 14.6 Å². The number of nitrogens with one attached hydrogen (secondary N) is 1. The van der Waals surface area contributed by atoms with Crippen LogP contribution < -0.4 is 4.74 Å². The fourth-order valence-corrected chi connectivity index (χ4v) is 5.70. The van der Waals surface area contributed by atoms with E-state index in [-0.39, 0.29) is 17.0 Å². The second kappa shape index (κ2) is 8.14. The van der Waals surface area contributed by atoms with Crippen molar-refractivity contribution in [3.63, 3.8) is 0 Å². The molecule has 0 bridgehead atoms. The monoisotopic (exact) mass is 471 g/mol. The van der Waals surface area contributed by atoms with Gasteiger partial charge >= 0.3 is 5.00 Å². The largest absolute Gasteiger partial charge is 0.493 e. The lowest BCUT2D eigenvalue weighted by molar-refractivity contribution is -0.380. The molecule has 1 N–H and O–H groups in total. The van der Waals surface area contributed by atoms with Crippen LogP contribution in [0.25, 0.3) is 17.0 Å². The van der Waals surface area contributed by atoms with Crippen LogP contribution in [0.15, 0.2) is 60.7 Å². The number of nitro groups is 1. The highest BCUT2D eigenvalue weighted by Gasteiger charge is 2.34. The Labute approximate surface area is 199 Å². The number of aromatic nitrogens is 1. The highest BCUT2D eigenvalue weighted by atomic mass is 32.1. The molecular formula is C26H21N3O4S. The zero-order valence-electron chi connectivity index (χ0n) is 18.2. The Morgan fingerprint density at radius 2 is 2.06 bits per heavy atom. The molecule has 7 nitrogen and oxygen atoms in total. The molecule has 34 heavy (non-hydrogen) atoms. The molecule has 0 spiro atoms. The van der Waals surface area contributed by atoms with Crippen LogP contribution in [0.1, 0.15) is 33.3 Å². The summed E-state index contributed by atoms with van der Waals surface area (Å²) < 4.78 is 5.69. The van der Waals surface area contributed by atoms with Crippen molar-refractivity contribution in [2.75, 3.05) is 13.2 Å². The number of hydrogen-bond donors (Lipinski definition) is 1. The van der Waals surface area contributed by atoms with E-state index in [1.807, 2.05) is 29.2 Å². The molecule has 8 heteroatoms. The summed E-state index contributed by atoms with van der Waals surface area (Å²) in [5, 5.41) is 12.2. The van der Waals surface area contributed by atoms with Gasteiger partial charge in [-0.15, -0.1) is 0 Å². The number of carbonyl (C=O) groups excluding carboxylic acids is 1. The number of fused-ring (bicyclic) bond motifs is 4. The van der Waals surface area contributed by atoms with Crippen molar-refractivity contribution in [3.05, 3.63) is 98.0 Å². The lowest BCUT2D eigenvalue weighted by Crippen LogP contribution is -2.39. The van der Waals surface area contributed by atoms with Gasteiger partial charge in [-0.3, -0.25) is 14.9 Å². The first-order valence-corrected chi connectivity index (χ1v) is 12.0. The van der Waals surface area contributed by atoms with E-state index < -0.39 is 4.92 Å². The van der Waals surface area contributed by atoms with Gasteiger partial charge in [-0.25, -0.2) is 0 Å². The summed E-state index contributed by atoms with van der Waals surface area (Å²) in [7, 11) is 0. The Kier molecular flexibility index (Phi) is 4.95. The van der Waals surface area contributed by atoms with Crippen molar-refractivity contribution in [3.8, 4) is 5.75 Å². The van der Waals surface area contributed by atoms with Gasteiger partial charge in [0.05, 0.1) is 17.6 Å². The fraction of sp³-hybridized carbons (Fsp3) is 0.192. The first-order valence-electron chi connectivity index (χ1n) is 11.2. The molecule has 1 unspecified atom stereocenters. The number of benzene rings is 2. The highest BCUT2D eigenvalue weighted by molar-refractivity contribution is 7.16. The Hall–Kier alpha value is -3.91. The second-order valence-corrected chi connectivity index (χ2v) is 9.57. The minimum absolute atomic E-state index is 0.0611. The number of ether oxygens (including phenoxy) is 1. The van der Waals surface area contributed by atoms with Gasteiger partial charge in [-0.05, 0) is 53.5 Å². The zero-order valence-corrected chi connectivity index (χ0v) is 19.0. The molecule has 0 aliphatic carbocycles. The minimum Gasteiger partial charge on any atom is -0.493 e. The van der Waals surface area contributed by atoms with Crippen molar-refractivity contribution < 1.29 is 14.5 Å². The van der Waals surface area contributed by atoms with Crippen LogP contribution in [0.4, 0.5) is 5.00 Å². The summed E-state index contributed by atoms with van der Waals surface area (Å²) in [6, 6.07) is 17.3. The number of rotatable bonds is 4. The normalized spacial score (nSPS) is 17.1. The number of amides is 1. The van der Waals surface area contributed by atoms with E-state index in [0.29, 0.717) is 18.0 Å². The van der Waals surface area contributed by atoms with E-state index in [4.69, 9.17) is 4.74 Å². The summed E-state index contributed by atoms with van der Waals surface area (Å²) in [5.74, 6) is 0.788. The van der Waals surface area contributed by atoms with Gasteiger partial charge in [0.15, 0.2) is 0 Å². The predicted octanol–water partition coefficient (Wildman–Crippen LogP) is 5.26. The molecule has 2 aromatic carbocycles. The molecule has 2 aliphatic rings. The van der Waals surface area contributed by atoms with Gasteiger partial charge in [0.25, 0.3) is 0 Å². The molecule has 0 fully saturated rings. The molecular weight excluding hydrogens is 450 g/mol. The highest BCUT2D eigenvalue weighted by Crippen LogP contribution is 2.40. The van der Waals surface area contributed by atoms with Gasteiger partial charge in [-0.1, -0.05) is 35.6 Å². The molecule has 1 atom stereocenters. The lowest BCUT2D eigenvalue weighted by atomic mass is 9.91. The average Bonchev–Trinajstić information content (AvgIpc) is 3.59. The Morgan fingerprint density at radius 1 is 1.18 bits per heavy atom. The third-order valence-electron chi connectivity index (χ3n) is 6.53. The van der Waals surface area contributed by atoms with E-state index >= 15 is 0 Å². The maximum Gasteiger partial charge on any atom is 0.324 e. The van der Waals surface area contributed by atoms with Crippen molar-refractivity contribution in [1.82, 2.24) is 9.88 Å². The molecule has 4 aromatic rings. The van der Waals surface area contributed by atoms with Crippen LogP contribution in [0, 0.1) is 10.1 Å². The number of thiophene rings is 1. The van der Waals surface area contributed by atoms with E-state index in [1.165, 1.54) is 23.1 Å². The minimum atomic E-state index is -0.417. The molecule has 0 saturated carbocycles. The van der Waals surface area contributed by atoms with Crippen molar-refractivity contribution in [2.24, 2.45) is 0 Å². The second-order valence-electron chi connectivity index (χ2n) is 8.48. The molecule has 170 valence electrons. The Balaban J connectivity index is 1.40. The van der Waals surface area contributed by atoms with Crippen LogP contribution in [0.3, 0.4) is 0 Å². The first kappa shape index (κ1) is 20.7. The third kappa shape index (κ3) is 3.47. The molecule has 0 radical (unpaired) electrons. The standard InChI is InChI=1S/C26H21N3O4S/c30-23(9-6-18-7-10-24(34-18)29(31)32)28-13-11-20-19-3-1-2-4-21(19)27-25(20)26(28)17-5-8-22-16(15-17)12-14-33-22/h1-10,15,26-27H,11-14H2. The average molecular weight is 472 g/mol. The maximum absolute atomic E-state index is 13.4. The smallest absolute Gasteiger partial charge is 0.324 e. The number of carbonyl (C=O) groups is 1. The van der Waals surface area contributed by atoms with Crippen molar-refractivity contribution in [1.29, 1.82) is 0 Å². The van der Waals surface area contributed by atoms with Crippen LogP contribution in [-0.2, 0) is 17.6 Å². The summed E-state index contributed by atoms with van der Waals surface area (Å²) in [6.07, 6.45) is 4.80. The molecule has 1 amide bonds. The molecule has 0 saturated heterocycles. The van der Waals surface area contributed by atoms with Crippen LogP contribution in [-0.4, -0.2) is 33.9 Å². The first-order chi connectivity index (χ1) is 16.6. The van der Waals surface area contributed by atoms with E-state index in [2.05, 4.69) is 23.2 Å². The number of nitrogens with zero attached hydrogens (tertiary/aromatic N) is 2. The van der Waals surface area contributed by atoms with Crippen LogP contribution in [0.5, 0.6) is 5.75 Å². The zero-order chi connectivity index (χ0) is 23.2. The molecule has 4 heterocycles. The predicted molar refractivity (Wildman–Crippen MR) is 131 cm³/mol. The Morgan fingerprint density at radius 3 is 2.91 bits per heavy atom. The number of hydrogen-bond acceptors (Lipinski definition) is 5. The lowest BCUT2D eigenvalue weighted by Gasteiger charge is -2.36. The number of para-hydroxylation sites is 1. The Bertz CT molecular complexity index is 1470. The van der Waals surface area contributed by atoms with Gasteiger partial charge in [0.2, 0.25) is 5.91 Å². The quantitative estimate of drug-likeness (QED) is 0.250. The SMILES string of the molecule is O=C(C=Cc1ccc([N+](=O)[O-])s1)N1CCc2c([nH]c3ccccc23)C1c1ccc2c(c1)CCO2. The van der Waals surface area contributed by atoms with E-state index in [9.17, 15) is 14.9 Å². The van der Waals surface area contributed by atoms with E-state index in [1.54, 1.807) is 12.1 Å². The summed E-state index contributed by atoms with van der Waals surface area (Å²) in [5.41, 5.74) is 5.57. The van der Waals surface area contributed by atoms with Gasteiger partial charge in [0.1, 0.15) is 5.75 Å². The summed E-state index contributed by atoms with van der Waals surface area (Å²) in [6.45, 7) is 1.26. The van der Waals surface area contributed by atoms with Crippen LogP contribution in [0.2, 0.25) is 0 Å². The third-order valence-corrected chi connectivity index (χ3v) is 7.53. The maximum atomic E-state index is 13.4. The fourth-order valence-electron chi connectivity index (χ4n) is 4.98. The van der Waals surface area contributed by atoms with Gasteiger partial charge in [-0.2, -0.15) is 0 Å². The summed E-state index contributed by atoms with van der Waals surface area (Å²) >= 11 is 1.06. The topological polar surface area (TPSA) is 88.5 Å². The number of H-pyrrole nitrogens is 1. The molecule has 2 aromatic heterocycles. The van der Waals surface area contributed by atoms with E-state index in [0.717, 1.165) is 52.3 Å². The molecule has 6 rings (SSSR count). The van der Waals surface area contributed by atoms with Crippen molar-refractivity contribution >= 4 is 39.2 Å². The van der Waals surface area contributed by atoms with Crippen molar-refractivity contribution in [2.45, 2.75) is 18.9 Å².